The number of nitrogens with one attached hydrogen (secondary N) is 1. The van der Waals surface area contributed by atoms with Gasteiger partial charge in [0.15, 0.2) is 0 Å². The molecule has 0 aliphatic carbocycles. The molecule has 4 heterocycles. The van der Waals surface area contributed by atoms with Crippen LogP contribution in [0.1, 0.15) is 45.6 Å². The number of thiophene rings is 1. The molecule has 186 valence electrons. The summed E-state index contributed by atoms with van der Waals surface area (Å²) < 4.78 is 22.3. The molecule has 1 aliphatic heterocycles. The van der Waals surface area contributed by atoms with Crippen molar-refractivity contribution in [1.29, 1.82) is 5.26 Å². The first-order valence-corrected chi connectivity index (χ1v) is 12.9. The van der Waals surface area contributed by atoms with Crippen molar-refractivity contribution < 1.29 is 9.13 Å². The second-order valence-electron chi connectivity index (χ2n) is 9.19. The van der Waals surface area contributed by atoms with Gasteiger partial charge < -0.3 is 14.6 Å². The van der Waals surface area contributed by atoms with Gasteiger partial charge in [0.25, 0.3) is 0 Å². The maximum atomic E-state index is 14.3. The Morgan fingerprint density at radius 2 is 2.03 bits per heavy atom. The monoisotopic (exact) mass is 504 g/mol. The van der Waals surface area contributed by atoms with Crippen molar-refractivity contribution in [1.82, 2.24) is 19.4 Å². The predicted octanol–water partition coefficient (Wildman–Crippen LogP) is 5.35. The number of rotatable bonds is 7. The number of pyridine rings is 1. The zero-order valence-corrected chi connectivity index (χ0v) is 21.5. The predicted molar refractivity (Wildman–Crippen MR) is 140 cm³/mol. The molecular formula is C27H29FN6OS. The number of hydrogen-bond donors (Lipinski definition) is 1. The number of nitrogens with zero attached hydrogens (tertiary/aromatic N) is 5. The molecule has 0 atom stereocenters. The Labute approximate surface area is 214 Å². The Hall–Kier alpha value is -3.48. The minimum Gasteiger partial charge on any atom is -0.472 e. The summed E-state index contributed by atoms with van der Waals surface area (Å²) in [6, 6.07) is 14.1. The van der Waals surface area contributed by atoms with Crippen molar-refractivity contribution in [3.8, 4) is 11.9 Å². The van der Waals surface area contributed by atoms with Crippen molar-refractivity contribution in [2.45, 2.75) is 38.8 Å². The molecule has 0 spiro atoms. The number of ether oxygens (including phenoxy) is 1. The maximum absolute atomic E-state index is 14.3. The summed E-state index contributed by atoms with van der Waals surface area (Å²) in [6.07, 6.45) is 2.02. The van der Waals surface area contributed by atoms with E-state index >= 15 is 0 Å². The number of aryl methyl sites for hydroxylation is 1. The summed E-state index contributed by atoms with van der Waals surface area (Å²) in [6.45, 7) is 4.45. The van der Waals surface area contributed by atoms with Crippen molar-refractivity contribution >= 4 is 28.1 Å². The summed E-state index contributed by atoms with van der Waals surface area (Å²) >= 11 is 1.14. The van der Waals surface area contributed by atoms with Crippen LogP contribution in [-0.2, 0) is 20.2 Å². The smallest absolute Gasteiger partial charge is 0.213 e. The van der Waals surface area contributed by atoms with E-state index < -0.39 is 0 Å². The van der Waals surface area contributed by atoms with Gasteiger partial charge in [0.05, 0.1) is 22.5 Å². The Kier molecular flexibility index (Phi) is 6.90. The van der Waals surface area contributed by atoms with Gasteiger partial charge in [-0.1, -0.05) is 6.07 Å². The van der Waals surface area contributed by atoms with Crippen molar-refractivity contribution in [3.63, 3.8) is 0 Å². The van der Waals surface area contributed by atoms with Crippen LogP contribution in [0.5, 0.6) is 5.88 Å². The zero-order valence-electron chi connectivity index (χ0n) is 20.7. The molecule has 1 N–H and O–H groups in total. The fraction of sp³-hybridized carbons (Fsp3) is 0.370. The minimum atomic E-state index is -0.358. The topological polar surface area (TPSA) is 79.0 Å². The van der Waals surface area contributed by atoms with Crippen LogP contribution < -0.4 is 10.1 Å². The van der Waals surface area contributed by atoms with E-state index in [1.165, 1.54) is 0 Å². The number of hydrogen-bond acceptors (Lipinski definition) is 7. The van der Waals surface area contributed by atoms with Crippen LogP contribution in [0.25, 0.3) is 11.0 Å². The molecule has 3 aromatic heterocycles. The number of halogens is 1. The van der Waals surface area contributed by atoms with Gasteiger partial charge in [-0.05, 0) is 57.1 Å². The van der Waals surface area contributed by atoms with Gasteiger partial charge in [-0.2, -0.15) is 5.26 Å². The quantitative estimate of drug-likeness (QED) is 0.366. The molecule has 0 amide bonds. The van der Waals surface area contributed by atoms with Gasteiger partial charge in [0.1, 0.15) is 29.2 Å². The third-order valence-electron chi connectivity index (χ3n) is 6.97. The molecule has 5 rings (SSSR count). The van der Waals surface area contributed by atoms with Crippen LogP contribution in [0.4, 0.5) is 10.1 Å². The number of aromatic nitrogens is 3. The van der Waals surface area contributed by atoms with Crippen molar-refractivity contribution in [2.75, 3.05) is 25.5 Å². The van der Waals surface area contributed by atoms with E-state index in [-0.39, 0.29) is 12.4 Å². The number of anilines is 1. The molecule has 9 heteroatoms. The third kappa shape index (κ3) is 4.79. The lowest BCUT2D eigenvalue weighted by Gasteiger charge is -2.31. The van der Waals surface area contributed by atoms with E-state index in [1.54, 1.807) is 13.0 Å². The Balaban J connectivity index is 1.19. The molecule has 0 unspecified atom stereocenters. The molecule has 36 heavy (non-hydrogen) atoms. The van der Waals surface area contributed by atoms with Crippen LogP contribution in [-0.4, -0.2) is 39.6 Å². The molecular weight excluding hydrogens is 475 g/mol. The number of nitriles is 1. The number of imidazole rings is 1. The first kappa shape index (κ1) is 24.2. The highest BCUT2D eigenvalue weighted by Gasteiger charge is 2.23. The van der Waals surface area contributed by atoms with E-state index in [1.807, 2.05) is 25.2 Å². The highest BCUT2D eigenvalue weighted by Crippen LogP contribution is 2.30. The van der Waals surface area contributed by atoms with Gasteiger partial charge in [0, 0.05) is 43.0 Å². The Morgan fingerprint density at radius 3 is 2.75 bits per heavy atom. The third-order valence-corrected chi connectivity index (χ3v) is 8.12. The van der Waals surface area contributed by atoms with Crippen LogP contribution in [0.3, 0.4) is 0 Å². The lowest BCUT2D eigenvalue weighted by molar-refractivity contribution is 0.197. The summed E-state index contributed by atoms with van der Waals surface area (Å²) in [5.74, 6) is 1.55. The standard InChI is InChI=1S/C27H29FN6OS/c1-17-23(14-29)36-24(27(17)28)16-35-26-6-4-5-20(32-26)18-9-11-34(12-10-18)15-25-31-21-13-19(30-2)7-8-22(21)33(25)3/h4-8,13,18,30H,9-12,15-16H2,1-3H3. The second kappa shape index (κ2) is 10.2. The average Bonchev–Trinajstić information content (AvgIpc) is 3.37. The lowest BCUT2D eigenvalue weighted by atomic mass is 9.93. The fourth-order valence-electron chi connectivity index (χ4n) is 4.76. The minimum absolute atomic E-state index is 0.0712. The summed E-state index contributed by atoms with van der Waals surface area (Å²) in [7, 11) is 4.00. The molecule has 0 bridgehead atoms. The molecule has 1 fully saturated rings. The van der Waals surface area contributed by atoms with Crippen LogP contribution in [0, 0.1) is 24.1 Å². The Morgan fingerprint density at radius 1 is 1.22 bits per heavy atom. The molecule has 1 aromatic carbocycles. The number of piperidine rings is 1. The SMILES string of the molecule is CNc1ccc2c(c1)nc(CN1CCC(c3cccc(OCc4sc(C#N)c(C)c4F)n3)CC1)n2C. The summed E-state index contributed by atoms with van der Waals surface area (Å²) in [4.78, 5) is 12.9. The molecule has 4 aromatic rings. The highest BCUT2D eigenvalue weighted by atomic mass is 32.1. The van der Waals surface area contributed by atoms with E-state index in [0.29, 0.717) is 27.1 Å². The van der Waals surface area contributed by atoms with Gasteiger partial charge >= 0.3 is 0 Å². The van der Waals surface area contributed by atoms with Crippen LogP contribution in [0.2, 0.25) is 0 Å². The first-order valence-electron chi connectivity index (χ1n) is 12.1. The zero-order chi connectivity index (χ0) is 25.2. The van der Waals surface area contributed by atoms with Crippen LogP contribution in [0.15, 0.2) is 36.4 Å². The molecule has 7 nitrogen and oxygen atoms in total. The van der Waals surface area contributed by atoms with Crippen LogP contribution >= 0.6 is 11.3 Å². The summed E-state index contributed by atoms with van der Waals surface area (Å²) in [5.41, 5.74) is 4.61. The fourth-order valence-corrected chi connectivity index (χ4v) is 5.66. The largest absolute Gasteiger partial charge is 0.472 e. The number of benzene rings is 1. The molecule has 1 aliphatic rings. The van der Waals surface area contributed by atoms with Gasteiger partial charge in [-0.15, -0.1) is 11.3 Å². The second-order valence-corrected chi connectivity index (χ2v) is 10.3. The van der Waals surface area contributed by atoms with Crippen molar-refractivity contribution in [2.24, 2.45) is 7.05 Å². The average molecular weight is 505 g/mol. The maximum Gasteiger partial charge on any atom is 0.213 e. The number of likely N-dealkylation sites (tertiary alicyclic amines) is 1. The van der Waals surface area contributed by atoms with E-state index in [2.05, 4.69) is 40.0 Å². The van der Waals surface area contributed by atoms with Gasteiger partial charge in [-0.3, -0.25) is 4.90 Å². The number of fused-ring (bicyclic) bond motifs is 1. The highest BCUT2D eigenvalue weighted by molar-refractivity contribution is 7.12. The van der Waals surface area contributed by atoms with Gasteiger partial charge in [-0.25, -0.2) is 14.4 Å². The van der Waals surface area contributed by atoms with E-state index in [4.69, 9.17) is 20.0 Å². The summed E-state index contributed by atoms with van der Waals surface area (Å²) in [5, 5.41) is 12.3. The Bertz CT molecular complexity index is 1430. The molecule has 0 radical (unpaired) electrons. The van der Waals surface area contributed by atoms with Crippen molar-refractivity contribution in [3.05, 3.63) is 69.1 Å². The first-order chi connectivity index (χ1) is 17.5. The van der Waals surface area contributed by atoms with Gasteiger partial charge in [0.2, 0.25) is 5.88 Å². The lowest BCUT2D eigenvalue weighted by Crippen LogP contribution is -2.33. The van der Waals surface area contributed by atoms with E-state index in [9.17, 15) is 4.39 Å². The molecule has 0 saturated carbocycles. The normalized spacial score (nSPS) is 14.8. The van der Waals surface area contributed by atoms with E-state index in [0.717, 1.165) is 72.1 Å². The molecule has 1 saturated heterocycles.